The summed E-state index contributed by atoms with van der Waals surface area (Å²) in [4.78, 5) is 22.8. The second kappa shape index (κ2) is 7.06. The molecule has 1 fully saturated rings. The molecule has 2 rings (SSSR count). The van der Waals surface area contributed by atoms with Crippen LogP contribution in [0.15, 0.2) is 24.3 Å². The molecule has 1 atom stereocenters. The fourth-order valence-corrected chi connectivity index (χ4v) is 2.09. The van der Waals surface area contributed by atoms with Gasteiger partial charge in [0.1, 0.15) is 11.6 Å². The maximum atomic E-state index is 12.8. The predicted octanol–water partition coefficient (Wildman–Crippen LogP) is 1.96. The average molecular weight is 295 g/mol. The van der Waals surface area contributed by atoms with E-state index < -0.39 is 17.9 Å². The molecule has 0 heterocycles. The van der Waals surface area contributed by atoms with Crippen molar-refractivity contribution in [2.45, 2.75) is 31.8 Å². The van der Waals surface area contributed by atoms with Gasteiger partial charge in [0, 0.05) is 6.42 Å². The molecule has 1 aliphatic rings. The highest BCUT2D eigenvalue weighted by Gasteiger charge is 2.23. The second-order valence-corrected chi connectivity index (χ2v) is 5.20. The molecular formula is C15H18FNO4. The Kier molecular flexibility index (Phi) is 5.14. The molecule has 0 spiro atoms. The van der Waals surface area contributed by atoms with Crippen LogP contribution in [0.5, 0.6) is 5.75 Å². The SMILES string of the molecule is O=C(CC1CCC1)NCC(Oc1ccc(F)cc1)C(=O)O. The van der Waals surface area contributed by atoms with Crippen molar-refractivity contribution < 1.29 is 23.8 Å². The van der Waals surface area contributed by atoms with Gasteiger partial charge >= 0.3 is 5.97 Å². The van der Waals surface area contributed by atoms with Crippen LogP contribution in [0.4, 0.5) is 4.39 Å². The van der Waals surface area contributed by atoms with Gasteiger partial charge in [-0.2, -0.15) is 0 Å². The van der Waals surface area contributed by atoms with Gasteiger partial charge < -0.3 is 15.2 Å². The van der Waals surface area contributed by atoms with Crippen LogP contribution < -0.4 is 10.1 Å². The molecule has 0 aliphatic heterocycles. The number of hydrogen-bond acceptors (Lipinski definition) is 3. The molecule has 0 saturated heterocycles. The largest absolute Gasteiger partial charge is 0.478 e. The van der Waals surface area contributed by atoms with Crippen molar-refractivity contribution in [2.75, 3.05) is 6.54 Å². The van der Waals surface area contributed by atoms with Gasteiger partial charge in [-0.15, -0.1) is 0 Å². The number of carbonyl (C=O) groups is 2. The minimum Gasteiger partial charge on any atom is -0.478 e. The molecule has 5 nitrogen and oxygen atoms in total. The zero-order valence-electron chi connectivity index (χ0n) is 11.5. The van der Waals surface area contributed by atoms with Crippen LogP contribution >= 0.6 is 0 Å². The van der Waals surface area contributed by atoms with Crippen LogP contribution in [-0.2, 0) is 9.59 Å². The molecule has 1 amide bonds. The minimum absolute atomic E-state index is 0.113. The van der Waals surface area contributed by atoms with Crippen LogP contribution in [0.1, 0.15) is 25.7 Å². The number of carboxylic acids is 1. The quantitative estimate of drug-likeness (QED) is 0.806. The summed E-state index contributed by atoms with van der Waals surface area (Å²) in [6, 6.07) is 5.07. The third kappa shape index (κ3) is 4.73. The van der Waals surface area contributed by atoms with Crippen molar-refractivity contribution in [1.82, 2.24) is 5.32 Å². The van der Waals surface area contributed by atoms with Gasteiger partial charge in [-0.3, -0.25) is 4.79 Å². The summed E-state index contributed by atoms with van der Waals surface area (Å²) in [6.45, 7) is -0.113. The predicted molar refractivity (Wildman–Crippen MR) is 73.4 cm³/mol. The lowest BCUT2D eigenvalue weighted by atomic mass is 9.83. The highest BCUT2D eigenvalue weighted by atomic mass is 19.1. The Hall–Kier alpha value is -2.11. The molecule has 114 valence electrons. The lowest BCUT2D eigenvalue weighted by Gasteiger charge is -2.24. The molecule has 1 aromatic rings. The van der Waals surface area contributed by atoms with Crippen LogP contribution in [0.3, 0.4) is 0 Å². The summed E-state index contributed by atoms with van der Waals surface area (Å²) < 4.78 is 18.0. The summed E-state index contributed by atoms with van der Waals surface area (Å²) in [5, 5.41) is 11.7. The Morgan fingerprint density at radius 2 is 2.00 bits per heavy atom. The number of amides is 1. The van der Waals surface area contributed by atoms with Gasteiger partial charge in [0.25, 0.3) is 0 Å². The number of aliphatic carboxylic acids is 1. The number of halogens is 1. The van der Waals surface area contributed by atoms with E-state index in [4.69, 9.17) is 9.84 Å². The Labute approximate surface area is 122 Å². The lowest BCUT2D eigenvalue weighted by Crippen LogP contribution is -2.41. The van der Waals surface area contributed by atoms with E-state index >= 15 is 0 Å². The molecule has 1 unspecified atom stereocenters. The van der Waals surface area contributed by atoms with E-state index in [1.54, 1.807) is 0 Å². The van der Waals surface area contributed by atoms with Crippen molar-refractivity contribution in [2.24, 2.45) is 5.92 Å². The summed E-state index contributed by atoms with van der Waals surface area (Å²) in [5.41, 5.74) is 0. The van der Waals surface area contributed by atoms with Crippen molar-refractivity contribution in [3.63, 3.8) is 0 Å². The molecule has 21 heavy (non-hydrogen) atoms. The minimum atomic E-state index is -1.19. The molecule has 1 aliphatic carbocycles. The number of nitrogens with one attached hydrogen (secondary N) is 1. The van der Waals surface area contributed by atoms with Crippen molar-refractivity contribution >= 4 is 11.9 Å². The summed E-state index contributed by atoms with van der Waals surface area (Å²) in [7, 11) is 0. The fraction of sp³-hybridized carbons (Fsp3) is 0.467. The molecule has 0 aromatic heterocycles. The number of carbonyl (C=O) groups excluding carboxylic acids is 1. The number of carboxylic acid groups (broad SMARTS) is 1. The topological polar surface area (TPSA) is 75.6 Å². The molecule has 2 N–H and O–H groups in total. The van der Waals surface area contributed by atoms with Gasteiger partial charge in [-0.1, -0.05) is 6.42 Å². The van der Waals surface area contributed by atoms with E-state index in [2.05, 4.69) is 5.32 Å². The third-order valence-electron chi connectivity index (χ3n) is 3.55. The zero-order valence-corrected chi connectivity index (χ0v) is 11.5. The maximum Gasteiger partial charge on any atom is 0.346 e. The molecule has 6 heteroatoms. The van der Waals surface area contributed by atoms with Gasteiger partial charge in [0.05, 0.1) is 6.54 Å². The van der Waals surface area contributed by atoms with E-state index in [1.807, 2.05) is 0 Å². The first-order chi connectivity index (χ1) is 10.0. The van der Waals surface area contributed by atoms with Crippen LogP contribution in [-0.4, -0.2) is 29.6 Å². The standard InChI is InChI=1S/C15H18FNO4/c16-11-4-6-12(7-5-11)21-13(15(19)20)9-17-14(18)8-10-2-1-3-10/h4-7,10,13H,1-3,8-9H2,(H,17,18)(H,19,20). The van der Waals surface area contributed by atoms with Crippen LogP contribution in [0, 0.1) is 11.7 Å². The highest BCUT2D eigenvalue weighted by molar-refractivity contribution is 5.78. The van der Waals surface area contributed by atoms with E-state index in [0.29, 0.717) is 12.3 Å². The number of hydrogen-bond donors (Lipinski definition) is 2. The zero-order chi connectivity index (χ0) is 15.2. The number of ether oxygens (including phenoxy) is 1. The molecule has 0 bridgehead atoms. The maximum absolute atomic E-state index is 12.8. The van der Waals surface area contributed by atoms with E-state index in [-0.39, 0.29) is 18.2 Å². The second-order valence-electron chi connectivity index (χ2n) is 5.20. The average Bonchev–Trinajstić information content (AvgIpc) is 2.40. The Bertz CT molecular complexity index is 499. The molecule has 1 saturated carbocycles. The summed E-state index contributed by atoms with van der Waals surface area (Å²) >= 11 is 0. The summed E-state index contributed by atoms with van der Waals surface area (Å²) in [5.74, 6) is -1.09. The van der Waals surface area contributed by atoms with E-state index in [0.717, 1.165) is 19.3 Å². The lowest BCUT2D eigenvalue weighted by molar-refractivity contribution is -0.145. The van der Waals surface area contributed by atoms with Gasteiger partial charge in [0.15, 0.2) is 0 Å². The first-order valence-electron chi connectivity index (χ1n) is 6.96. The number of benzene rings is 1. The van der Waals surface area contributed by atoms with Crippen LogP contribution in [0.2, 0.25) is 0 Å². The van der Waals surface area contributed by atoms with E-state index in [1.165, 1.54) is 24.3 Å². The number of rotatable bonds is 7. The first-order valence-corrected chi connectivity index (χ1v) is 6.96. The van der Waals surface area contributed by atoms with Crippen molar-refractivity contribution in [3.05, 3.63) is 30.1 Å². The van der Waals surface area contributed by atoms with Gasteiger partial charge in [0.2, 0.25) is 12.0 Å². The Balaban J connectivity index is 1.82. The van der Waals surface area contributed by atoms with Crippen molar-refractivity contribution in [3.8, 4) is 5.75 Å². The van der Waals surface area contributed by atoms with Crippen LogP contribution in [0.25, 0.3) is 0 Å². The Morgan fingerprint density at radius 3 is 2.52 bits per heavy atom. The van der Waals surface area contributed by atoms with Crippen molar-refractivity contribution in [1.29, 1.82) is 0 Å². The molecule has 1 aromatic carbocycles. The normalized spacial score (nSPS) is 15.9. The van der Waals surface area contributed by atoms with Gasteiger partial charge in [-0.05, 0) is 43.0 Å². The highest BCUT2D eigenvalue weighted by Crippen LogP contribution is 2.29. The monoisotopic (exact) mass is 295 g/mol. The smallest absolute Gasteiger partial charge is 0.346 e. The molecular weight excluding hydrogens is 277 g/mol. The Morgan fingerprint density at radius 1 is 1.33 bits per heavy atom. The molecule has 0 radical (unpaired) electrons. The van der Waals surface area contributed by atoms with Gasteiger partial charge in [-0.25, -0.2) is 9.18 Å². The summed E-state index contributed by atoms with van der Waals surface area (Å²) in [6.07, 6.45) is 2.51. The fourth-order valence-electron chi connectivity index (χ4n) is 2.09. The third-order valence-corrected chi connectivity index (χ3v) is 3.55. The first kappa shape index (κ1) is 15.3. The van der Waals surface area contributed by atoms with E-state index in [9.17, 15) is 14.0 Å².